The van der Waals surface area contributed by atoms with Crippen LogP contribution in [0.15, 0.2) is 70.0 Å². The van der Waals surface area contributed by atoms with Crippen molar-refractivity contribution in [1.29, 1.82) is 0 Å². The molecule has 1 fully saturated rings. The van der Waals surface area contributed by atoms with Gasteiger partial charge in [0.05, 0.1) is 35.5 Å². The molecular formula is C36H51N7O6S2. The fraction of sp³-hybridized carbons (Fsp3) is 0.500. The molecule has 0 unspecified atom stereocenters. The van der Waals surface area contributed by atoms with E-state index >= 15 is 0 Å². The number of nitrogens with one attached hydrogen (secondary N) is 2. The number of aliphatic hydroxyl groups excluding tert-OH is 1. The van der Waals surface area contributed by atoms with Crippen molar-refractivity contribution in [1.82, 2.24) is 24.8 Å². The van der Waals surface area contributed by atoms with Gasteiger partial charge in [-0.3, -0.25) is 4.79 Å². The number of amides is 3. The number of hydrogen-bond donors (Lipinski definition) is 5. The first kappa shape index (κ1) is 39.9. The van der Waals surface area contributed by atoms with E-state index in [-0.39, 0.29) is 42.8 Å². The van der Waals surface area contributed by atoms with Crippen LogP contribution in [0.4, 0.5) is 4.79 Å². The number of thiazole rings is 1. The summed E-state index contributed by atoms with van der Waals surface area (Å²) in [5, 5.41) is 32.2. The van der Waals surface area contributed by atoms with Gasteiger partial charge in [-0.2, -0.15) is 4.31 Å². The maximum atomic E-state index is 14.1. The molecule has 3 amide bonds. The van der Waals surface area contributed by atoms with Crippen molar-refractivity contribution in [2.45, 2.75) is 88.5 Å². The van der Waals surface area contributed by atoms with Gasteiger partial charge in [0.25, 0.3) is 0 Å². The van der Waals surface area contributed by atoms with Crippen molar-refractivity contribution < 1.29 is 28.3 Å². The normalized spacial score (nSPS) is 16.2. The Morgan fingerprint density at radius 2 is 1.80 bits per heavy atom. The summed E-state index contributed by atoms with van der Waals surface area (Å²) in [4.78, 5) is 33.3. The highest BCUT2D eigenvalue weighted by molar-refractivity contribution is 7.89. The highest BCUT2D eigenvalue weighted by atomic mass is 32.2. The predicted molar refractivity (Wildman–Crippen MR) is 198 cm³/mol. The summed E-state index contributed by atoms with van der Waals surface area (Å²) in [6, 6.07) is 13.1. The number of aliphatic hydroxyl groups is 1. The average molecular weight is 742 g/mol. The average Bonchev–Trinajstić information content (AvgIpc) is 3.82. The van der Waals surface area contributed by atoms with Gasteiger partial charge in [-0.25, -0.2) is 18.2 Å². The van der Waals surface area contributed by atoms with E-state index in [0.29, 0.717) is 24.2 Å². The van der Waals surface area contributed by atoms with Crippen LogP contribution in [-0.4, -0.2) is 89.4 Å². The van der Waals surface area contributed by atoms with Gasteiger partial charge in [0.15, 0.2) is 0 Å². The van der Waals surface area contributed by atoms with Gasteiger partial charge < -0.3 is 31.6 Å². The lowest BCUT2D eigenvalue weighted by atomic mass is 9.96. The highest BCUT2D eigenvalue weighted by Gasteiger charge is 2.35. The lowest BCUT2D eigenvalue weighted by Crippen LogP contribution is -2.58. The Morgan fingerprint density at radius 3 is 2.41 bits per heavy atom. The van der Waals surface area contributed by atoms with Gasteiger partial charge in [0, 0.05) is 32.1 Å². The molecule has 1 aromatic heterocycles. The first-order chi connectivity index (χ1) is 24.4. The molecule has 0 radical (unpaired) electrons. The molecule has 6 N–H and O–H groups in total. The van der Waals surface area contributed by atoms with Crippen molar-refractivity contribution in [2.24, 2.45) is 22.7 Å². The molecule has 4 rings (SSSR count). The minimum absolute atomic E-state index is 0.0481. The zero-order valence-corrected chi connectivity index (χ0v) is 31.2. The van der Waals surface area contributed by atoms with Crippen LogP contribution in [0.2, 0.25) is 0 Å². The molecule has 1 saturated carbocycles. The summed E-state index contributed by atoms with van der Waals surface area (Å²) in [6.07, 6.45) is 4.55. The van der Waals surface area contributed by atoms with Crippen molar-refractivity contribution in [3.63, 3.8) is 0 Å². The third-order valence-corrected chi connectivity index (χ3v) is 12.2. The number of rotatable bonds is 18. The fourth-order valence-corrected chi connectivity index (χ4v) is 8.43. The number of carbonyl (C=O) groups excluding carboxylic acids is 2. The Hall–Kier alpha value is -3.89. The number of nitrogens with two attached hydrogens (primary N) is 1. The molecule has 51 heavy (non-hydrogen) atoms. The maximum absolute atomic E-state index is 14.1. The minimum atomic E-state index is -4.06. The SMILES string of the molecule is CC[C@H](C)[C@H](NC(=O)N(C)Cc1csc(CN)n1)C(=O)N[C@@H](Cc1ccccc1)[C@@H](O)CN(CC1CCCC1)S(=O)(=O)c1ccc(C=NO)cc1. The molecule has 0 spiro atoms. The van der Waals surface area contributed by atoms with Crippen LogP contribution in [-0.2, 0) is 34.3 Å². The largest absolute Gasteiger partial charge is 0.411 e. The summed E-state index contributed by atoms with van der Waals surface area (Å²) < 4.78 is 29.5. The van der Waals surface area contributed by atoms with Crippen LogP contribution >= 0.6 is 11.3 Å². The monoisotopic (exact) mass is 741 g/mol. The standard InChI is InChI=1S/C36H51N7O6S2/c1-4-25(2)34(41-36(46)42(3)22-29-24-50-33(19-37)39-29)35(45)40-31(18-26-10-6-5-7-11-26)32(44)23-43(21-28-12-8-9-13-28)51(48,49)30-16-14-27(15-17-30)20-38-47/h5-7,10-11,14-17,20,24-25,28,31-32,34,44,47H,4,8-9,12-13,18-19,21-23,37H2,1-3H3,(H,40,45)(H,41,46)/t25-,31-,32-,34-/m0/s1. The molecule has 0 bridgehead atoms. The van der Waals surface area contributed by atoms with E-state index in [9.17, 15) is 23.1 Å². The number of sulfonamides is 1. The summed E-state index contributed by atoms with van der Waals surface area (Å²) in [7, 11) is -2.43. The number of carbonyl (C=O) groups is 2. The van der Waals surface area contributed by atoms with E-state index in [1.165, 1.54) is 38.9 Å². The van der Waals surface area contributed by atoms with Gasteiger partial charge in [-0.05, 0) is 54.4 Å². The number of aromatic nitrogens is 1. The predicted octanol–water partition coefficient (Wildman–Crippen LogP) is 3.94. The molecule has 13 nitrogen and oxygen atoms in total. The lowest BCUT2D eigenvalue weighted by molar-refractivity contribution is -0.125. The van der Waals surface area contributed by atoms with Crippen LogP contribution < -0.4 is 16.4 Å². The second-order valence-corrected chi connectivity index (χ2v) is 16.1. The molecule has 15 heteroatoms. The first-order valence-electron chi connectivity index (χ1n) is 17.4. The van der Waals surface area contributed by atoms with Crippen molar-refractivity contribution >= 4 is 39.5 Å². The summed E-state index contributed by atoms with van der Waals surface area (Å²) >= 11 is 1.42. The molecule has 278 valence electrons. The first-order valence-corrected chi connectivity index (χ1v) is 19.7. The Labute approximate surface area is 305 Å². The van der Waals surface area contributed by atoms with Crippen LogP contribution in [0.25, 0.3) is 0 Å². The van der Waals surface area contributed by atoms with E-state index in [0.717, 1.165) is 36.3 Å². The van der Waals surface area contributed by atoms with Crippen LogP contribution in [0.3, 0.4) is 0 Å². The number of benzene rings is 2. The molecule has 0 saturated heterocycles. The summed E-state index contributed by atoms with van der Waals surface area (Å²) in [5.74, 6) is -0.585. The summed E-state index contributed by atoms with van der Waals surface area (Å²) in [6.45, 7) is 4.32. The Bertz CT molecular complexity index is 1680. The molecule has 1 heterocycles. The van der Waals surface area contributed by atoms with E-state index in [1.54, 1.807) is 19.2 Å². The van der Waals surface area contributed by atoms with Gasteiger partial charge >= 0.3 is 6.03 Å². The summed E-state index contributed by atoms with van der Waals surface area (Å²) in [5.41, 5.74) is 7.76. The van der Waals surface area contributed by atoms with Crippen molar-refractivity contribution in [2.75, 3.05) is 20.1 Å². The van der Waals surface area contributed by atoms with E-state index in [2.05, 4.69) is 20.8 Å². The van der Waals surface area contributed by atoms with Crippen molar-refractivity contribution in [3.8, 4) is 0 Å². The molecule has 3 aromatic rings. The van der Waals surface area contributed by atoms with E-state index < -0.39 is 40.1 Å². The van der Waals surface area contributed by atoms with E-state index in [1.807, 2.05) is 49.6 Å². The van der Waals surface area contributed by atoms with Gasteiger partial charge in [-0.15, -0.1) is 11.3 Å². The number of urea groups is 1. The molecular weight excluding hydrogens is 691 g/mol. The highest BCUT2D eigenvalue weighted by Crippen LogP contribution is 2.28. The molecule has 1 aliphatic rings. The van der Waals surface area contributed by atoms with Gasteiger partial charge in [-0.1, -0.05) is 80.7 Å². The Morgan fingerprint density at radius 1 is 1.12 bits per heavy atom. The van der Waals surface area contributed by atoms with Crippen LogP contribution in [0, 0.1) is 11.8 Å². The Balaban J connectivity index is 1.57. The Kier molecular flexibility index (Phi) is 14.9. The molecule has 0 aliphatic heterocycles. The minimum Gasteiger partial charge on any atom is -0.411 e. The second kappa shape index (κ2) is 19.1. The lowest BCUT2D eigenvalue weighted by Gasteiger charge is -2.33. The van der Waals surface area contributed by atoms with E-state index in [4.69, 9.17) is 10.9 Å². The molecule has 1 aliphatic carbocycles. The maximum Gasteiger partial charge on any atom is 0.318 e. The number of nitrogens with zero attached hydrogens (tertiary/aromatic N) is 4. The molecule has 2 aromatic carbocycles. The topological polar surface area (TPSA) is 191 Å². The second-order valence-electron chi connectivity index (χ2n) is 13.3. The third-order valence-electron chi connectivity index (χ3n) is 9.44. The number of hydrogen-bond acceptors (Lipinski definition) is 10. The fourth-order valence-electron chi connectivity index (χ4n) is 6.23. The third kappa shape index (κ3) is 11.3. The zero-order valence-electron chi connectivity index (χ0n) is 29.5. The molecule has 4 atom stereocenters. The number of oxime groups is 1. The zero-order chi connectivity index (χ0) is 37.0. The van der Waals surface area contributed by atoms with Crippen LogP contribution in [0.1, 0.15) is 67.8 Å². The smallest absolute Gasteiger partial charge is 0.318 e. The quantitative estimate of drug-likeness (QED) is 0.0736. The van der Waals surface area contributed by atoms with Crippen molar-refractivity contribution in [3.05, 3.63) is 81.8 Å². The van der Waals surface area contributed by atoms with Gasteiger partial charge in [0.1, 0.15) is 11.0 Å². The van der Waals surface area contributed by atoms with Gasteiger partial charge in [0.2, 0.25) is 15.9 Å². The van der Waals surface area contributed by atoms with Crippen LogP contribution in [0.5, 0.6) is 0 Å².